The summed E-state index contributed by atoms with van der Waals surface area (Å²) in [5.74, 6) is -1.95. The second-order valence-corrected chi connectivity index (χ2v) is 13.3. The first-order valence-corrected chi connectivity index (χ1v) is 15.4. The van der Waals surface area contributed by atoms with Crippen molar-refractivity contribution >= 4 is 38.3 Å². The monoisotopic (exact) mass is 623 g/mol. The van der Waals surface area contributed by atoms with E-state index in [4.69, 9.17) is 5.73 Å². The Hall–Kier alpha value is -4.72. The molecule has 14 heteroatoms. The van der Waals surface area contributed by atoms with Crippen LogP contribution < -0.4 is 16.3 Å². The van der Waals surface area contributed by atoms with Crippen LogP contribution in [0.1, 0.15) is 26.5 Å². The fourth-order valence-corrected chi connectivity index (χ4v) is 6.65. The number of anilines is 2. The highest BCUT2D eigenvalue weighted by Gasteiger charge is 2.32. The number of pyridine rings is 2. The Bertz CT molecular complexity index is 1980. The Kier molecular flexibility index (Phi) is 7.97. The van der Waals surface area contributed by atoms with Crippen LogP contribution in [0, 0.1) is 18.6 Å². The fourth-order valence-electron chi connectivity index (χ4n) is 5.38. The smallest absolute Gasteiger partial charge is 0.355 e. The van der Waals surface area contributed by atoms with Crippen molar-refractivity contribution in [3.05, 3.63) is 77.0 Å². The molecular weight excluding hydrogens is 592 g/mol. The van der Waals surface area contributed by atoms with Crippen LogP contribution >= 0.6 is 0 Å². The predicted molar refractivity (Wildman–Crippen MR) is 163 cm³/mol. The molecule has 2 N–H and O–H groups in total. The lowest BCUT2D eigenvalue weighted by molar-refractivity contribution is -0.126. The molecule has 1 atom stereocenters. The van der Waals surface area contributed by atoms with Crippen molar-refractivity contribution in [2.75, 3.05) is 30.3 Å². The van der Waals surface area contributed by atoms with E-state index in [1.165, 1.54) is 51.2 Å². The molecule has 11 nitrogen and oxygen atoms in total. The highest BCUT2D eigenvalue weighted by atomic mass is 32.2. The molecule has 5 rings (SSSR count). The van der Waals surface area contributed by atoms with Crippen molar-refractivity contribution in [2.45, 2.75) is 43.9 Å². The van der Waals surface area contributed by atoms with Gasteiger partial charge in [0.15, 0.2) is 21.3 Å². The van der Waals surface area contributed by atoms with Gasteiger partial charge in [-0.25, -0.2) is 31.5 Å². The number of aromatic nitrogens is 4. The van der Waals surface area contributed by atoms with Gasteiger partial charge in [-0.1, -0.05) is 12.6 Å². The second kappa shape index (κ2) is 11.4. The largest absolute Gasteiger partial charge is 0.398 e. The Labute approximate surface area is 252 Å². The number of piperazine rings is 1. The van der Waals surface area contributed by atoms with Gasteiger partial charge >= 0.3 is 5.69 Å². The standard InChI is InChI=1S/C30H31F2N7O4S/c1-6-24(40)37-12-13-38(17(4)15-37)28-19-14-21(32)26(25-20(31)8-7-9-22(25)33)35-29(19)39(30(41)36-28)27-18(5)34-11-10-23(27)44(42,43)16(2)3/h6-11,14,16-17H,1,12-13,15,33H2,2-5H3/t17-/m0/s1. The van der Waals surface area contributed by atoms with Gasteiger partial charge in [0, 0.05) is 37.6 Å². The van der Waals surface area contributed by atoms with Gasteiger partial charge in [0.25, 0.3) is 0 Å². The van der Waals surface area contributed by atoms with E-state index in [1.54, 1.807) is 9.80 Å². The lowest BCUT2D eigenvalue weighted by Crippen LogP contribution is -2.54. The summed E-state index contributed by atoms with van der Waals surface area (Å²) in [6, 6.07) is 5.86. The lowest BCUT2D eigenvalue weighted by Gasteiger charge is -2.40. The van der Waals surface area contributed by atoms with Gasteiger partial charge in [0.1, 0.15) is 17.3 Å². The molecule has 1 aromatic carbocycles. The molecule has 3 aromatic heterocycles. The van der Waals surface area contributed by atoms with Gasteiger partial charge in [-0.3, -0.25) is 9.78 Å². The van der Waals surface area contributed by atoms with Gasteiger partial charge in [0.2, 0.25) is 5.91 Å². The quantitative estimate of drug-likeness (QED) is 0.252. The number of benzene rings is 1. The third-order valence-electron chi connectivity index (χ3n) is 7.69. The van der Waals surface area contributed by atoms with Gasteiger partial charge in [-0.2, -0.15) is 4.98 Å². The molecule has 1 aliphatic heterocycles. The van der Waals surface area contributed by atoms with Crippen LogP contribution in [-0.2, 0) is 14.6 Å². The van der Waals surface area contributed by atoms with Gasteiger partial charge in [0.05, 0.1) is 32.5 Å². The summed E-state index contributed by atoms with van der Waals surface area (Å²) >= 11 is 0. The molecule has 230 valence electrons. The highest BCUT2D eigenvalue weighted by Crippen LogP contribution is 2.36. The first kappa shape index (κ1) is 30.7. The Morgan fingerprint density at radius 1 is 1.16 bits per heavy atom. The van der Waals surface area contributed by atoms with Crippen molar-refractivity contribution < 1.29 is 22.0 Å². The van der Waals surface area contributed by atoms with E-state index in [0.29, 0.717) is 0 Å². The summed E-state index contributed by atoms with van der Waals surface area (Å²) < 4.78 is 58.9. The first-order chi connectivity index (χ1) is 20.8. The molecule has 4 aromatic rings. The number of hydrogen-bond acceptors (Lipinski definition) is 9. The summed E-state index contributed by atoms with van der Waals surface area (Å²) in [5.41, 5.74) is 4.15. The van der Waals surface area contributed by atoms with Crippen molar-refractivity contribution in [1.29, 1.82) is 0 Å². The zero-order chi connectivity index (χ0) is 32.1. The topological polar surface area (TPSA) is 144 Å². The summed E-state index contributed by atoms with van der Waals surface area (Å²) in [5, 5.41) is -0.792. The number of amides is 1. The van der Waals surface area contributed by atoms with E-state index in [1.807, 2.05) is 6.92 Å². The van der Waals surface area contributed by atoms with Crippen LogP contribution in [0.4, 0.5) is 20.3 Å². The maximum absolute atomic E-state index is 15.9. The highest BCUT2D eigenvalue weighted by molar-refractivity contribution is 7.92. The number of nitrogen functional groups attached to an aromatic ring is 1. The average molecular weight is 624 g/mol. The zero-order valence-electron chi connectivity index (χ0n) is 24.6. The van der Waals surface area contributed by atoms with Gasteiger partial charge < -0.3 is 15.5 Å². The fraction of sp³-hybridized carbons (Fsp3) is 0.300. The minimum absolute atomic E-state index is 0.0623. The number of carbonyl (C=O) groups excluding carboxylic acids is 1. The lowest BCUT2D eigenvalue weighted by atomic mass is 10.1. The Balaban J connectivity index is 1.87. The van der Waals surface area contributed by atoms with Crippen molar-refractivity contribution in [3.63, 3.8) is 0 Å². The number of nitrogens with zero attached hydrogens (tertiary/aromatic N) is 6. The molecule has 0 radical (unpaired) electrons. The number of halogens is 2. The average Bonchev–Trinajstić information content (AvgIpc) is 2.97. The Morgan fingerprint density at radius 2 is 1.89 bits per heavy atom. The van der Waals surface area contributed by atoms with E-state index in [-0.39, 0.29) is 76.0 Å². The molecule has 0 spiro atoms. The zero-order valence-corrected chi connectivity index (χ0v) is 25.4. The number of sulfone groups is 1. The van der Waals surface area contributed by atoms with E-state index in [0.717, 1.165) is 16.7 Å². The molecule has 0 saturated carbocycles. The van der Waals surface area contributed by atoms with Crippen molar-refractivity contribution in [1.82, 2.24) is 24.4 Å². The number of hydrogen-bond donors (Lipinski definition) is 1. The van der Waals surface area contributed by atoms with E-state index in [2.05, 4.69) is 21.5 Å². The second-order valence-electron chi connectivity index (χ2n) is 10.8. The summed E-state index contributed by atoms with van der Waals surface area (Å²) in [6.07, 6.45) is 2.53. The molecule has 1 aliphatic rings. The van der Waals surface area contributed by atoms with Crippen molar-refractivity contribution in [2.24, 2.45) is 0 Å². The minimum atomic E-state index is -3.97. The molecule has 0 unspecified atom stereocenters. The normalized spacial score (nSPS) is 15.7. The molecule has 0 bridgehead atoms. The van der Waals surface area contributed by atoms with E-state index < -0.39 is 38.1 Å². The summed E-state index contributed by atoms with van der Waals surface area (Å²) in [4.78, 5) is 42.4. The Morgan fingerprint density at radius 3 is 2.52 bits per heavy atom. The third kappa shape index (κ3) is 5.08. The van der Waals surface area contributed by atoms with Gasteiger partial charge in [-0.15, -0.1) is 0 Å². The molecule has 44 heavy (non-hydrogen) atoms. The SMILES string of the molecule is C=CC(=O)N1CCN(c2nc(=O)n(-c3c(S(=O)(=O)C(C)C)ccnc3C)c3nc(-c4c(N)cccc4F)c(F)cc23)[C@@H](C)C1. The number of aryl methyl sites for hydroxylation is 1. The molecule has 1 amide bonds. The van der Waals surface area contributed by atoms with Gasteiger partial charge in [-0.05, 0) is 58.0 Å². The maximum atomic E-state index is 15.9. The molecular formula is C30H31F2N7O4S. The van der Waals surface area contributed by atoms with Crippen LogP contribution in [-0.4, -0.2) is 69.7 Å². The number of rotatable bonds is 6. The van der Waals surface area contributed by atoms with Crippen LogP contribution in [0.2, 0.25) is 0 Å². The van der Waals surface area contributed by atoms with Crippen LogP contribution in [0.3, 0.4) is 0 Å². The maximum Gasteiger partial charge on any atom is 0.355 e. The van der Waals surface area contributed by atoms with Crippen LogP contribution in [0.25, 0.3) is 28.0 Å². The minimum Gasteiger partial charge on any atom is -0.398 e. The number of fused-ring (bicyclic) bond motifs is 1. The third-order valence-corrected chi connectivity index (χ3v) is 9.87. The van der Waals surface area contributed by atoms with E-state index in [9.17, 15) is 18.0 Å². The molecule has 1 fully saturated rings. The number of nitrogens with two attached hydrogens (primary N) is 1. The van der Waals surface area contributed by atoms with E-state index >= 15 is 8.78 Å². The molecule has 4 heterocycles. The summed E-state index contributed by atoms with van der Waals surface area (Å²) in [6.45, 7) is 10.7. The number of carbonyl (C=O) groups is 1. The van der Waals surface area contributed by atoms with Crippen LogP contribution in [0.15, 0.2) is 58.9 Å². The van der Waals surface area contributed by atoms with Crippen molar-refractivity contribution in [3.8, 4) is 16.9 Å². The molecule has 0 aliphatic carbocycles. The molecule has 1 saturated heterocycles. The summed E-state index contributed by atoms with van der Waals surface area (Å²) in [7, 11) is -3.97. The first-order valence-electron chi connectivity index (χ1n) is 13.8. The predicted octanol–water partition coefficient (Wildman–Crippen LogP) is 3.42. The van der Waals surface area contributed by atoms with Crippen LogP contribution in [0.5, 0.6) is 0 Å².